The molecule has 0 N–H and O–H groups in total. The maximum absolute atomic E-state index is 9.85. The molecule has 0 heterocycles. The van der Waals surface area contributed by atoms with Gasteiger partial charge in [0, 0.05) is 6.42 Å². The molecule has 0 aromatic heterocycles. The van der Waals surface area contributed by atoms with Crippen LogP contribution in [0.2, 0.25) is 0 Å². The first kappa shape index (κ1) is 7.92. The average Bonchev–Trinajstić information content (AvgIpc) is 1.68. The summed E-state index contributed by atoms with van der Waals surface area (Å²) in [6.45, 7) is 7.31. The molecule has 1 nitrogen and oxygen atoms in total. The molecule has 0 radical (unpaired) electrons. The molecule has 0 aromatic carbocycles. The minimum atomic E-state index is 0.537. The van der Waals surface area contributed by atoms with Gasteiger partial charge in [0.2, 0.25) is 0 Å². The van der Waals surface area contributed by atoms with E-state index in [-0.39, 0.29) is 0 Å². The molecule has 0 rings (SSSR count). The van der Waals surface area contributed by atoms with Crippen LogP contribution in [0.25, 0.3) is 0 Å². The summed E-state index contributed by atoms with van der Waals surface area (Å²) >= 11 is 0.572. The summed E-state index contributed by atoms with van der Waals surface area (Å²) in [5.41, 5.74) is 1.00. The van der Waals surface area contributed by atoms with Gasteiger partial charge in [0.25, 0.3) is 0 Å². The van der Waals surface area contributed by atoms with E-state index >= 15 is 0 Å². The van der Waals surface area contributed by atoms with E-state index in [1.165, 1.54) is 0 Å². The highest BCUT2D eigenvalue weighted by Gasteiger charge is 1.89. The van der Waals surface area contributed by atoms with Gasteiger partial charge in [-0.25, -0.2) is 0 Å². The minimum absolute atomic E-state index is 0.537. The van der Waals surface area contributed by atoms with Crippen molar-refractivity contribution in [3.63, 3.8) is 0 Å². The van der Waals surface area contributed by atoms with Gasteiger partial charge in [-0.3, -0.25) is 12.0 Å². The molecule has 46 valence electrons. The summed E-state index contributed by atoms with van der Waals surface area (Å²) in [7, 11) is 0. The highest BCUT2D eigenvalue weighted by atomic mass is 32.2. The molecule has 0 aromatic rings. The molecule has 0 fully saturated rings. The molecule has 0 amide bonds. The minimum Gasteiger partial charge on any atom is -0.799 e. The molecule has 2 heteroatoms. The predicted molar refractivity (Wildman–Crippen MR) is 37.0 cm³/mol. The van der Waals surface area contributed by atoms with Crippen LogP contribution in [-0.2, 0) is 0 Å². The Balaban J connectivity index is 3.06. The number of hydrogen-bond donors (Lipinski definition) is 0. The second-order valence-electron chi connectivity index (χ2n) is 1.62. The SMILES string of the molecule is C=C(CC[CH2+])CS[O-]. The lowest BCUT2D eigenvalue weighted by atomic mass is 10.2. The summed E-state index contributed by atoms with van der Waals surface area (Å²) in [4.78, 5) is 0. The molecule has 0 aliphatic rings. The fourth-order valence-corrected chi connectivity index (χ4v) is 0.717. The standard InChI is InChI=1S/C6H10OS/c1-3-4-6(2)5-8-7/h1-5H2. The normalized spacial score (nSPS) is 9.12. The van der Waals surface area contributed by atoms with Gasteiger partial charge < -0.3 is 4.55 Å². The third kappa shape index (κ3) is 4.09. The zero-order chi connectivity index (χ0) is 6.41. The van der Waals surface area contributed by atoms with Gasteiger partial charge in [0.15, 0.2) is 0 Å². The van der Waals surface area contributed by atoms with E-state index in [4.69, 9.17) is 0 Å². The third-order valence-corrected chi connectivity index (χ3v) is 1.32. The van der Waals surface area contributed by atoms with Crippen LogP contribution >= 0.6 is 12.0 Å². The van der Waals surface area contributed by atoms with Gasteiger partial charge in [-0.05, 0) is 5.75 Å². The lowest BCUT2D eigenvalue weighted by Crippen LogP contribution is -1.82. The summed E-state index contributed by atoms with van der Waals surface area (Å²) in [6, 6.07) is 0. The third-order valence-electron chi connectivity index (χ3n) is 0.793. The molecule has 0 aliphatic heterocycles. The van der Waals surface area contributed by atoms with Crippen LogP contribution in [0.4, 0.5) is 0 Å². The molecule has 8 heavy (non-hydrogen) atoms. The average molecular weight is 130 g/mol. The van der Waals surface area contributed by atoms with Crippen LogP contribution < -0.4 is 0 Å². The molecule has 0 atom stereocenters. The second-order valence-corrected chi connectivity index (χ2v) is 2.14. The van der Waals surface area contributed by atoms with Crippen molar-refractivity contribution in [1.29, 1.82) is 0 Å². The van der Waals surface area contributed by atoms with Gasteiger partial charge in [-0.1, -0.05) is 12.2 Å². The highest BCUT2D eigenvalue weighted by molar-refractivity contribution is 7.93. The van der Waals surface area contributed by atoms with E-state index in [0.717, 1.165) is 18.4 Å². The predicted octanol–water partition coefficient (Wildman–Crippen LogP) is 2.02. The van der Waals surface area contributed by atoms with Crippen molar-refractivity contribution in [2.45, 2.75) is 12.8 Å². The van der Waals surface area contributed by atoms with E-state index in [9.17, 15) is 4.55 Å². The van der Waals surface area contributed by atoms with Crippen molar-refractivity contribution in [1.82, 2.24) is 0 Å². The summed E-state index contributed by atoms with van der Waals surface area (Å²) < 4.78 is 9.85. The first-order valence-electron chi connectivity index (χ1n) is 2.52. The molecular formula is C6H10OS. The van der Waals surface area contributed by atoms with Crippen LogP contribution in [0.3, 0.4) is 0 Å². The van der Waals surface area contributed by atoms with Crippen molar-refractivity contribution in [3.05, 3.63) is 19.1 Å². The smallest absolute Gasteiger partial charge is 0.0887 e. The van der Waals surface area contributed by atoms with Gasteiger partial charge >= 0.3 is 0 Å². The summed E-state index contributed by atoms with van der Waals surface area (Å²) in [5.74, 6) is 0.537. The van der Waals surface area contributed by atoms with Crippen LogP contribution in [0.1, 0.15) is 12.8 Å². The topological polar surface area (TPSA) is 23.1 Å². The van der Waals surface area contributed by atoms with Crippen molar-refractivity contribution < 1.29 is 4.55 Å². The van der Waals surface area contributed by atoms with Crippen molar-refractivity contribution in [3.8, 4) is 0 Å². The molecule has 0 bridgehead atoms. The lowest BCUT2D eigenvalue weighted by Gasteiger charge is -2.03. The zero-order valence-electron chi connectivity index (χ0n) is 4.85. The van der Waals surface area contributed by atoms with Crippen LogP contribution in [-0.4, -0.2) is 10.3 Å². The maximum Gasteiger partial charge on any atom is 0.0887 e. The van der Waals surface area contributed by atoms with Crippen molar-refractivity contribution in [2.24, 2.45) is 0 Å². The van der Waals surface area contributed by atoms with E-state index in [0.29, 0.717) is 17.8 Å². The van der Waals surface area contributed by atoms with Crippen LogP contribution in [0.5, 0.6) is 0 Å². The number of rotatable bonds is 4. The van der Waals surface area contributed by atoms with Crippen LogP contribution in [0.15, 0.2) is 12.2 Å². The Labute approximate surface area is 55.0 Å². The van der Waals surface area contributed by atoms with E-state index in [1.54, 1.807) is 0 Å². The summed E-state index contributed by atoms with van der Waals surface area (Å²) in [5, 5.41) is 0. The second kappa shape index (κ2) is 5.06. The Morgan fingerprint density at radius 1 is 1.75 bits per heavy atom. The first-order valence-corrected chi connectivity index (χ1v) is 3.43. The lowest BCUT2D eigenvalue weighted by molar-refractivity contribution is 0.620. The zero-order valence-corrected chi connectivity index (χ0v) is 5.67. The van der Waals surface area contributed by atoms with Gasteiger partial charge in [-0.2, -0.15) is 0 Å². The van der Waals surface area contributed by atoms with E-state index in [1.807, 2.05) is 0 Å². The van der Waals surface area contributed by atoms with Gasteiger partial charge in [-0.15, -0.1) is 0 Å². The quantitative estimate of drug-likeness (QED) is 0.330. The maximum atomic E-state index is 9.85. The van der Waals surface area contributed by atoms with Crippen molar-refractivity contribution >= 4 is 12.0 Å². The Morgan fingerprint density at radius 3 is 2.75 bits per heavy atom. The Bertz CT molecular complexity index is 62.9. The molecule has 0 aliphatic carbocycles. The molecule has 0 unspecified atom stereocenters. The van der Waals surface area contributed by atoms with Gasteiger partial charge in [0.1, 0.15) is 0 Å². The van der Waals surface area contributed by atoms with E-state index in [2.05, 4.69) is 13.5 Å². The molecular weight excluding hydrogens is 120 g/mol. The van der Waals surface area contributed by atoms with Gasteiger partial charge in [0.05, 0.1) is 13.3 Å². The fraction of sp³-hybridized carbons (Fsp3) is 0.500. The van der Waals surface area contributed by atoms with Crippen LogP contribution in [0, 0.1) is 6.92 Å². The first-order chi connectivity index (χ1) is 3.81. The summed E-state index contributed by atoms with van der Waals surface area (Å²) in [6.07, 6.45) is 1.73. The molecule has 0 saturated heterocycles. The Hall–Kier alpha value is -0.0800. The fourth-order valence-electron chi connectivity index (χ4n) is 0.406. The largest absolute Gasteiger partial charge is 0.799 e. The monoisotopic (exact) mass is 130 g/mol. The molecule has 0 saturated carbocycles. The number of hydrogen-bond acceptors (Lipinski definition) is 2. The Morgan fingerprint density at radius 2 is 2.38 bits per heavy atom. The highest BCUT2D eigenvalue weighted by Crippen LogP contribution is 2.06. The molecule has 0 spiro atoms. The Kier molecular flexibility index (Phi) is 5.01. The van der Waals surface area contributed by atoms with Crippen molar-refractivity contribution in [2.75, 3.05) is 5.75 Å². The van der Waals surface area contributed by atoms with E-state index < -0.39 is 0 Å².